The van der Waals surface area contributed by atoms with E-state index in [-0.39, 0.29) is 5.92 Å². The van der Waals surface area contributed by atoms with Crippen molar-refractivity contribution in [1.82, 2.24) is 0 Å². The molecule has 0 heterocycles. The topological polar surface area (TPSA) is 58.6 Å². The van der Waals surface area contributed by atoms with Crippen LogP contribution < -0.4 is 5.32 Å². The largest absolute Gasteiger partial charge is 0.480 e. The van der Waals surface area contributed by atoms with Crippen molar-refractivity contribution < 1.29 is 14.6 Å². The van der Waals surface area contributed by atoms with Crippen LogP contribution in [-0.2, 0) is 9.53 Å². The second-order valence-corrected chi connectivity index (χ2v) is 5.28. The van der Waals surface area contributed by atoms with Crippen LogP contribution in [0.2, 0.25) is 5.02 Å². The Morgan fingerprint density at radius 1 is 1.61 bits per heavy atom. The van der Waals surface area contributed by atoms with E-state index in [1.54, 1.807) is 25.3 Å². The molecule has 18 heavy (non-hydrogen) atoms. The zero-order valence-corrected chi connectivity index (χ0v) is 12.5. The summed E-state index contributed by atoms with van der Waals surface area (Å²) in [6, 6.07) is 4.48. The maximum absolute atomic E-state index is 11.2. The molecule has 2 atom stereocenters. The maximum atomic E-state index is 11.2. The van der Waals surface area contributed by atoms with Crippen LogP contribution in [0.3, 0.4) is 0 Å². The van der Waals surface area contributed by atoms with E-state index in [1.165, 1.54) is 0 Å². The van der Waals surface area contributed by atoms with E-state index in [0.29, 0.717) is 17.3 Å². The molecule has 0 saturated carbocycles. The van der Waals surface area contributed by atoms with Gasteiger partial charge in [0.15, 0.2) is 0 Å². The highest BCUT2D eigenvalue weighted by Gasteiger charge is 2.24. The van der Waals surface area contributed by atoms with E-state index < -0.39 is 12.0 Å². The number of carboxylic acid groups (broad SMARTS) is 1. The Bertz CT molecular complexity index is 428. The van der Waals surface area contributed by atoms with Crippen molar-refractivity contribution in [1.29, 1.82) is 0 Å². The number of carbonyl (C=O) groups is 1. The molecule has 0 aromatic heterocycles. The van der Waals surface area contributed by atoms with Gasteiger partial charge in [-0.15, -0.1) is 0 Å². The van der Waals surface area contributed by atoms with E-state index in [1.807, 2.05) is 6.92 Å². The fourth-order valence-corrected chi connectivity index (χ4v) is 2.07. The van der Waals surface area contributed by atoms with Gasteiger partial charge < -0.3 is 15.2 Å². The smallest absolute Gasteiger partial charge is 0.326 e. The molecule has 1 rings (SSSR count). The number of ether oxygens (including phenoxy) is 1. The summed E-state index contributed by atoms with van der Waals surface area (Å²) in [6.07, 6.45) is 0. The molecule has 4 nitrogen and oxygen atoms in total. The zero-order chi connectivity index (χ0) is 13.7. The molecule has 2 unspecified atom stereocenters. The summed E-state index contributed by atoms with van der Waals surface area (Å²) in [4.78, 5) is 11.2. The van der Waals surface area contributed by atoms with Crippen molar-refractivity contribution in [3.8, 4) is 0 Å². The number of nitrogens with one attached hydrogen (secondary N) is 1. The Balaban J connectivity index is 2.83. The van der Waals surface area contributed by atoms with Gasteiger partial charge in [-0.25, -0.2) is 4.79 Å². The first kappa shape index (κ1) is 15.3. The van der Waals surface area contributed by atoms with E-state index in [2.05, 4.69) is 21.2 Å². The Morgan fingerprint density at radius 3 is 2.78 bits per heavy atom. The first-order chi connectivity index (χ1) is 8.45. The molecule has 0 aliphatic carbocycles. The van der Waals surface area contributed by atoms with Gasteiger partial charge in [0.1, 0.15) is 6.04 Å². The normalized spacial score (nSPS) is 14.0. The summed E-state index contributed by atoms with van der Waals surface area (Å²) in [7, 11) is 1.55. The summed E-state index contributed by atoms with van der Waals surface area (Å²) in [5, 5.41) is 12.7. The van der Waals surface area contributed by atoms with Crippen LogP contribution in [0, 0.1) is 5.92 Å². The molecule has 0 saturated heterocycles. The molecule has 0 amide bonds. The predicted molar refractivity (Wildman–Crippen MR) is 75.2 cm³/mol. The van der Waals surface area contributed by atoms with Gasteiger partial charge in [-0.2, -0.15) is 0 Å². The molecule has 1 aromatic rings. The van der Waals surface area contributed by atoms with Crippen LogP contribution >= 0.6 is 27.5 Å². The fourth-order valence-electron chi connectivity index (χ4n) is 1.57. The molecule has 0 aliphatic rings. The Labute approximate surface area is 119 Å². The highest BCUT2D eigenvalue weighted by molar-refractivity contribution is 9.10. The summed E-state index contributed by atoms with van der Waals surface area (Å²) in [6.45, 7) is 2.19. The minimum atomic E-state index is -0.911. The lowest BCUT2D eigenvalue weighted by Crippen LogP contribution is -2.37. The minimum absolute atomic E-state index is 0.151. The Morgan fingerprint density at radius 2 is 2.28 bits per heavy atom. The first-order valence-electron chi connectivity index (χ1n) is 5.39. The van der Waals surface area contributed by atoms with E-state index in [0.717, 1.165) is 4.47 Å². The number of aliphatic carboxylic acids is 1. The highest BCUT2D eigenvalue weighted by Crippen LogP contribution is 2.26. The monoisotopic (exact) mass is 335 g/mol. The van der Waals surface area contributed by atoms with Crippen molar-refractivity contribution in [2.75, 3.05) is 19.0 Å². The average Bonchev–Trinajstić information content (AvgIpc) is 2.30. The van der Waals surface area contributed by atoms with Gasteiger partial charge in [0.25, 0.3) is 0 Å². The SMILES string of the molecule is COCC(C)C(Nc1ccc(Cl)c(Br)c1)C(=O)O. The second-order valence-electron chi connectivity index (χ2n) is 4.02. The van der Waals surface area contributed by atoms with Gasteiger partial charge in [-0.3, -0.25) is 0 Å². The molecule has 100 valence electrons. The van der Waals surface area contributed by atoms with Gasteiger partial charge in [0.2, 0.25) is 0 Å². The maximum Gasteiger partial charge on any atom is 0.326 e. The van der Waals surface area contributed by atoms with Crippen LogP contribution in [0.4, 0.5) is 5.69 Å². The molecule has 0 radical (unpaired) electrons. The van der Waals surface area contributed by atoms with Crippen LogP contribution in [0.5, 0.6) is 0 Å². The standard InChI is InChI=1S/C12H15BrClNO3/c1-7(6-18-2)11(12(16)17)15-8-3-4-10(14)9(13)5-8/h3-5,7,11,15H,6H2,1-2H3,(H,16,17). The van der Waals surface area contributed by atoms with Crippen molar-refractivity contribution in [2.24, 2.45) is 5.92 Å². The average molecular weight is 337 g/mol. The number of halogens is 2. The molecule has 0 spiro atoms. The van der Waals surface area contributed by atoms with E-state index >= 15 is 0 Å². The number of methoxy groups -OCH3 is 1. The van der Waals surface area contributed by atoms with Gasteiger partial charge in [0, 0.05) is 23.2 Å². The zero-order valence-electron chi connectivity index (χ0n) is 10.1. The van der Waals surface area contributed by atoms with E-state index in [4.69, 9.17) is 16.3 Å². The van der Waals surface area contributed by atoms with Crippen LogP contribution in [0.1, 0.15) is 6.92 Å². The molecule has 0 aliphatic heterocycles. The lowest BCUT2D eigenvalue weighted by molar-refractivity contribution is -0.139. The molecule has 6 heteroatoms. The van der Waals surface area contributed by atoms with Crippen LogP contribution in [-0.4, -0.2) is 30.8 Å². The molecule has 1 aromatic carbocycles. The van der Waals surface area contributed by atoms with Crippen molar-refractivity contribution in [3.05, 3.63) is 27.7 Å². The third-order valence-corrected chi connectivity index (χ3v) is 3.72. The third-order valence-electron chi connectivity index (χ3n) is 2.51. The molecule has 0 fully saturated rings. The number of hydrogen-bond donors (Lipinski definition) is 2. The van der Waals surface area contributed by atoms with Gasteiger partial charge in [0.05, 0.1) is 11.6 Å². The molecule has 2 N–H and O–H groups in total. The molecular weight excluding hydrogens is 321 g/mol. The van der Waals surface area contributed by atoms with Crippen LogP contribution in [0.15, 0.2) is 22.7 Å². The fraction of sp³-hybridized carbons (Fsp3) is 0.417. The lowest BCUT2D eigenvalue weighted by atomic mass is 10.0. The number of benzene rings is 1. The van der Waals surface area contributed by atoms with Crippen molar-refractivity contribution in [2.45, 2.75) is 13.0 Å². The first-order valence-corrected chi connectivity index (χ1v) is 6.56. The Kier molecular flexibility index (Phi) is 5.91. The summed E-state index contributed by atoms with van der Waals surface area (Å²) in [5.41, 5.74) is 0.696. The van der Waals surface area contributed by atoms with Crippen molar-refractivity contribution in [3.63, 3.8) is 0 Å². The number of carboxylic acids is 1. The minimum Gasteiger partial charge on any atom is -0.480 e. The molecule has 0 bridgehead atoms. The van der Waals surface area contributed by atoms with Gasteiger partial charge in [-0.1, -0.05) is 18.5 Å². The summed E-state index contributed by atoms with van der Waals surface area (Å²) in [5.74, 6) is -1.06. The third kappa shape index (κ3) is 4.15. The van der Waals surface area contributed by atoms with Gasteiger partial charge >= 0.3 is 5.97 Å². The lowest BCUT2D eigenvalue weighted by Gasteiger charge is -2.22. The van der Waals surface area contributed by atoms with E-state index in [9.17, 15) is 9.90 Å². The second kappa shape index (κ2) is 6.97. The number of rotatable bonds is 6. The van der Waals surface area contributed by atoms with Gasteiger partial charge in [-0.05, 0) is 34.1 Å². The van der Waals surface area contributed by atoms with Crippen LogP contribution in [0.25, 0.3) is 0 Å². The van der Waals surface area contributed by atoms with Crippen molar-refractivity contribution >= 4 is 39.2 Å². The predicted octanol–water partition coefficient (Wildman–Crippen LogP) is 3.25. The summed E-state index contributed by atoms with van der Waals surface area (Å²) < 4.78 is 5.70. The summed E-state index contributed by atoms with van der Waals surface area (Å²) >= 11 is 9.18. The number of hydrogen-bond acceptors (Lipinski definition) is 3. The quantitative estimate of drug-likeness (QED) is 0.837. The molecular formula is C12H15BrClNO3. The Hall–Kier alpha value is -0.780. The number of anilines is 1. The highest BCUT2D eigenvalue weighted by atomic mass is 79.9.